The van der Waals surface area contributed by atoms with Crippen LogP contribution in [0.25, 0.3) is 0 Å². The van der Waals surface area contributed by atoms with Gasteiger partial charge in [-0.1, -0.05) is 66.1 Å². The van der Waals surface area contributed by atoms with Gasteiger partial charge in [0.2, 0.25) is 0 Å². The summed E-state index contributed by atoms with van der Waals surface area (Å²) in [6, 6.07) is 18.0. The monoisotopic (exact) mass is 372 g/mol. The molecule has 1 heterocycles. The fourth-order valence-electron chi connectivity index (χ4n) is 3.14. The van der Waals surface area contributed by atoms with E-state index in [2.05, 4.69) is 28.3 Å². The predicted molar refractivity (Wildman–Crippen MR) is 105 cm³/mol. The molecule has 138 valence electrons. The largest absolute Gasteiger partial charge is 0.392 e. The molecular weight excluding hydrogens is 348 g/mol. The summed E-state index contributed by atoms with van der Waals surface area (Å²) in [5.74, 6) is 0. The molecular formula is C21H25ClN2O2. The molecule has 26 heavy (non-hydrogen) atoms. The number of hydrogen-bond donors (Lipinski definition) is 1. The second-order valence-corrected chi connectivity index (χ2v) is 7.16. The first kappa shape index (κ1) is 18.9. The van der Waals surface area contributed by atoms with E-state index < -0.39 is 0 Å². The molecule has 0 spiro atoms. The van der Waals surface area contributed by atoms with Gasteiger partial charge in [0.15, 0.2) is 0 Å². The van der Waals surface area contributed by atoms with Crippen molar-refractivity contribution >= 4 is 17.3 Å². The molecule has 1 N–H and O–H groups in total. The summed E-state index contributed by atoms with van der Waals surface area (Å²) in [5.41, 5.74) is 3.21. The Morgan fingerprint density at radius 1 is 1.23 bits per heavy atom. The minimum Gasteiger partial charge on any atom is -0.392 e. The number of oxime groups is 1. The molecule has 3 rings (SSSR count). The van der Waals surface area contributed by atoms with Crippen molar-refractivity contribution in [2.75, 3.05) is 13.1 Å². The second-order valence-electron chi connectivity index (χ2n) is 6.72. The summed E-state index contributed by atoms with van der Waals surface area (Å²) >= 11 is 6.11. The van der Waals surface area contributed by atoms with E-state index in [0.717, 1.165) is 41.2 Å². The van der Waals surface area contributed by atoms with Crippen LogP contribution < -0.4 is 0 Å². The lowest BCUT2D eigenvalue weighted by atomic mass is 10.0. The van der Waals surface area contributed by atoms with Crippen LogP contribution in [0, 0.1) is 0 Å². The standard InChI is InChI=1S/C21H25ClN2O2/c1-2-19(25)14-24(13-16-7-6-10-18(22)11-16)15-20-12-21(23-26-20)17-8-4-3-5-9-17/h3-11,19-20,25H,2,12-15H2,1H3/t19-,20+/m1/s1. The van der Waals surface area contributed by atoms with E-state index in [1.165, 1.54) is 0 Å². The van der Waals surface area contributed by atoms with E-state index in [4.69, 9.17) is 16.4 Å². The molecule has 0 radical (unpaired) electrons. The maximum atomic E-state index is 10.1. The first-order chi connectivity index (χ1) is 12.6. The quantitative estimate of drug-likeness (QED) is 0.758. The van der Waals surface area contributed by atoms with Crippen molar-refractivity contribution < 1.29 is 9.94 Å². The highest BCUT2D eigenvalue weighted by atomic mass is 35.5. The molecule has 0 saturated carbocycles. The van der Waals surface area contributed by atoms with E-state index in [1.807, 2.05) is 43.3 Å². The molecule has 0 unspecified atom stereocenters. The summed E-state index contributed by atoms with van der Waals surface area (Å²) in [4.78, 5) is 7.88. The van der Waals surface area contributed by atoms with Gasteiger partial charge in [-0.25, -0.2) is 0 Å². The summed E-state index contributed by atoms with van der Waals surface area (Å²) in [5, 5.41) is 15.1. The number of aliphatic hydroxyl groups excluding tert-OH is 1. The van der Waals surface area contributed by atoms with Crippen LogP contribution in [-0.4, -0.2) is 41.0 Å². The highest BCUT2D eigenvalue weighted by Gasteiger charge is 2.25. The van der Waals surface area contributed by atoms with Crippen molar-refractivity contribution in [1.82, 2.24) is 4.90 Å². The van der Waals surface area contributed by atoms with Gasteiger partial charge in [0.1, 0.15) is 6.10 Å². The molecule has 5 heteroatoms. The third kappa shape index (κ3) is 5.31. The predicted octanol–water partition coefficient (Wildman–Crippen LogP) is 4.11. The lowest BCUT2D eigenvalue weighted by Crippen LogP contribution is -2.37. The van der Waals surface area contributed by atoms with Gasteiger partial charge in [0.05, 0.1) is 11.8 Å². The smallest absolute Gasteiger partial charge is 0.145 e. The van der Waals surface area contributed by atoms with Gasteiger partial charge < -0.3 is 9.94 Å². The van der Waals surface area contributed by atoms with Crippen LogP contribution in [0.2, 0.25) is 5.02 Å². The van der Waals surface area contributed by atoms with Gasteiger partial charge in [0, 0.05) is 31.1 Å². The van der Waals surface area contributed by atoms with Crippen LogP contribution in [0.3, 0.4) is 0 Å². The summed E-state index contributed by atoms with van der Waals surface area (Å²) in [6.07, 6.45) is 1.14. The zero-order valence-electron chi connectivity index (χ0n) is 15.0. The van der Waals surface area contributed by atoms with Crippen LogP contribution in [0.1, 0.15) is 30.9 Å². The van der Waals surface area contributed by atoms with Crippen molar-refractivity contribution in [1.29, 1.82) is 0 Å². The van der Waals surface area contributed by atoms with Crippen molar-refractivity contribution in [2.45, 2.75) is 38.5 Å². The minimum absolute atomic E-state index is 0.00607. The number of benzene rings is 2. The fraction of sp³-hybridized carbons (Fsp3) is 0.381. The maximum absolute atomic E-state index is 10.1. The minimum atomic E-state index is -0.356. The van der Waals surface area contributed by atoms with E-state index in [9.17, 15) is 5.11 Å². The van der Waals surface area contributed by atoms with Crippen LogP contribution in [0.15, 0.2) is 59.8 Å². The van der Waals surface area contributed by atoms with Crippen molar-refractivity contribution in [3.8, 4) is 0 Å². The Hall–Kier alpha value is -1.88. The molecule has 2 aromatic carbocycles. The molecule has 0 amide bonds. The van der Waals surface area contributed by atoms with Crippen molar-refractivity contribution in [3.05, 3.63) is 70.7 Å². The Morgan fingerprint density at radius 2 is 2.04 bits per heavy atom. The average Bonchev–Trinajstić information content (AvgIpc) is 3.11. The molecule has 0 fully saturated rings. The van der Waals surface area contributed by atoms with Gasteiger partial charge >= 0.3 is 0 Å². The number of halogens is 1. The zero-order valence-corrected chi connectivity index (χ0v) is 15.8. The number of aliphatic hydroxyl groups is 1. The Labute approximate surface area is 160 Å². The SMILES string of the molecule is CC[C@@H](O)CN(Cc1cccc(Cl)c1)C[C@@H]1CC(c2ccccc2)=NO1. The van der Waals surface area contributed by atoms with Gasteiger partial charge in [-0.05, 0) is 29.7 Å². The summed E-state index contributed by atoms with van der Waals surface area (Å²) < 4.78 is 0. The molecule has 1 aliphatic heterocycles. The number of rotatable bonds is 8. The number of hydrogen-bond acceptors (Lipinski definition) is 4. The van der Waals surface area contributed by atoms with Crippen molar-refractivity contribution in [2.24, 2.45) is 5.16 Å². The van der Waals surface area contributed by atoms with E-state index in [0.29, 0.717) is 13.1 Å². The Morgan fingerprint density at radius 3 is 2.77 bits per heavy atom. The fourth-order valence-corrected chi connectivity index (χ4v) is 3.35. The normalized spacial score (nSPS) is 17.8. The lowest BCUT2D eigenvalue weighted by molar-refractivity contribution is 0.0315. The van der Waals surface area contributed by atoms with Crippen LogP contribution in [-0.2, 0) is 11.4 Å². The lowest BCUT2D eigenvalue weighted by Gasteiger charge is -2.26. The van der Waals surface area contributed by atoms with Crippen LogP contribution in [0.4, 0.5) is 0 Å². The van der Waals surface area contributed by atoms with E-state index in [1.54, 1.807) is 0 Å². The molecule has 1 aliphatic rings. The van der Waals surface area contributed by atoms with E-state index in [-0.39, 0.29) is 12.2 Å². The van der Waals surface area contributed by atoms with Crippen molar-refractivity contribution in [3.63, 3.8) is 0 Å². The molecule has 2 atom stereocenters. The third-order valence-corrected chi connectivity index (χ3v) is 4.77. The summed E-state index contributed by atoms with van der Waals surface area (Å²) in [6.45, 7) is 4.02. The van der Waals surface area contributed by atoms with Gasteiger partial charge in [-0.3, -0.25) is 4.90 Å². The Balaban J connectivity index is 1.63. The third-order valence-electron chi connectivity index (χ3n) is 4.54. The average molecular weight is 373 g/mol. The maximum Gasteiger partial charge on any atom is 0.145 e. The van der Waals surface area contributed by atoms with Gasteiger partial charge in [-0.2, -0.15) is 0 Å². The van der Waals surface area contributed by atoms with Crippen LogP contribution in [0.5, 0.6) is 0 Å². The topological polar surface area (TPSA) is 45.1 Å². The first-order valence-corrected chi connectivity index (χ1v) is 9.44. The van der Waals surface area contributed by atoms with Crippen LogP contribution >= 0.6 is 11.6 Å². The summed E-state index contributed by atoms with van der Waals surface area (Å²) in [7, 11) is 0. The Kier molecular flexibility index (Phi) is 6.67. The highest BCUT2D eigenvalue weighted by Crippen LogP contribution is 2.19. The van der Waals surface area contributed by atoms with Gasteiger partial charge in [0.25, 0.3) is 0 Å². The first-order valence-electron chi connectivity index (χ1n) is 9.07. The molecule has 4 nitrogen and oxygen atoms in total. The highest BCUT2D eigenvalue weighted by molar-refractivity contribution is 6.30. The van der Waals surface area contributed by atoms with Gasteiger partial charge in [-0.15, -0.1) is 0 Å². The van der Waals surface area contributed by atoms with E-state index >= 15 is 0 Å². The molecule has 0 bridgehead atoms. The molecule has 0 saturated heterocycles. The molecule has 2 aromatic rings. The Bertz CT molecular complexity index is 736. The molecule has 0 aromatic heterocycles. The number of nitrogens with zero attached hydrogens (tertiary/aromatic N) is 2. The second kappa shape index (κ2) is 9.17. The zero-order chi connectivity index (χ0) is 18.4. The molecule has 0 aliphatic carbocycles.